The number of carbonyl (C=O) groups excluding carboxylic acids is 1. The maximum absolute atomic E-state index is 10.7. The second-order valence-corrected chi connectivity index (χ2v) is 4.32. The zero-order chi connectivity index (χ0) is 13.1. The molecule has 0 aliphatic rings. The fourth-order valence-corrected chi connectivity index (χ4v) is 1.90. The van der Waals surface area contributed by atoms with Gasteiger partial charge in [-0.1, -0.05) is 23.7 Å². The van der Waals surface area contributed by atoms with Gasteiger partial charge in [0.25, 0.3) is 0 Å². The van der Waals surface area contributed by atoms with Crippen LogP contribution in [-0.2, 0) is 13.7 Å². The molecule has 18 heavy (non-hydrogen) atoms. The standard InChI is InChI=1S/C13H13ClN2O2/c1-9-12(13(14)16(2)15-9)8-18-11-5-3-4-10(6-11)7-17/h3-7H,8H2,1-2H3. The van der Waals surface area contributed by atoms with Gasteiger partial charge in [-0.05, 0) is 19.1 Å². The molecule has 1 aromatic heterocycles. The topological polar surface area (TPSA) is 44.1 Å². The van der Waals surface area contributed by atoms with Gasteiger partial charge in [-0.2, -0.15) is 5.10 Å². The molecule has 0 N–H and O–H groups in total. The number of nitrogens with zero attached hydrogens (tertiary/aromatic N) is 2. The van der Waals surface area contributed by atoms with Crippen molar-refractivity contribution in [2.75, 3.05) is 0 Å². The highest BCUT2D eigenvalue weighted by molar-refractivity contribution is 6.30. The summed E-state index contributed by atoms with van der Waals surface area (Å²) in [6.45, 7) is 2.22. The Morgan fingerprint density at radius 1 is 1.50 bits per heavy atom. The maximum atomic E-state index is 10.7. The van der Waals surface area contributed by atoms with Crippen LogP contribution in [0.15, 0.2) is 24.3 Å². The first-order chi connectivity index (χ1) is 8.61. The average molecular weight is 265 g/mol. The third-order valence-electron chi connectivity index (χ3n) is 2.65. The molecular weight excluding hydrogens is 252 g/mol. The van der Waals surface area contributed by atoms with Crippen molar-refractivity contribution >= 4 is 17.9 Å². The number of aldehydes is 1. The summed E-state index contributed by atoms with van der Waals surface area (Å²) in [5.74, 6) is 0.638. The van der Waals surface area contributed by atoms with E-state index in [-0.39, 0.29) is 0 Å². The summed E-state index contributed by atoms with van der Waals surface area (Å²) in [6, 6.07) is 6.98. The SMILES string of the molecule is Cc1nn(C)c(Cl)c1COc1cccc(C=O)c1. The minimum absolute atomic E-state index is 0.334. The van der Waals surface area contributed by atoms with Crippen molar-refractivity contribution in [1.82, 2.24) is 9.78 Å². The predicted molar refractivity (Wildman–Crippen MR) is 69.1 cm³/mol. The number of rotatable bonds is 4. The van der Waals surface area contributed by atoms with Crippen LogP contribution in [0.1, 0.15) is 21.6 Å². The van der Waals surface area contributed by atoms with Crippen LogP contribution < -0.4 is 4.74 Å². The molecule has 4 nitrogen and oxygen atoms in total. The molecule has 2 aromatic rings. The monoisotopic (exact) mass is 264 g/mol. The molecule has 0 atom stereocenters. The van der Waals surface area contributed by atoms with Crippen LogP contribution in [-0.4, -0.2) is 16.1 Å². The van der Waals surface area contributed by atoms with Gasteiger partial charge < -0.3 is 4.74 Å². The van der Waals surface area contributed by atoms with Gasteiger partial charge >= 0.3 is 0 Å². The Balaban J connectivity index is 2.13. The summed E-state index contributed by atoms with van der Waals surface area (Å²) in [4.78, 5) is 10.7. The molecule has 0 amide bonds. The van der Waals surface area contributed by atoms with Crippen molar-refractivity contribution in [1.29, 1.82) is 0 Å². The Bertz CT molecular complexity index is 578. The third kappa shape index (κ3) is 2.54. The number of ether oxygens (including phenoxy) is 1. The van der Waals surface area contributed by atoms with Crippen LogP contribution in [0.2, 0.25) is 5.15 Å². The lowest BCUT2D eigenvalue weighted by atomic mass is 10.2. The highest BCUT2D eigenvalue weighted by atomic mass is 35.5. The normalized spacial score (nSPS) is 10.4. The first-order valence-electron chi connectivity index (χ1n) is 5.48. The molecule has 2 rings (SSSR count). The number of carbonyl (C=O) groups is 1. The Hall–Kier alpha value is -1.81. The fourth-order valence-electron chi connectivity index (χ4n) is 1.67. The summed E-state index contributed by atoms with van der Waals surface area (Å²) in [7, 11) is 1.78. The quantitative estimate of drug-likeness (QED) is 0.798. The van der Waals surface area contributed by atoms with Crippen LogP contribution in [0, 0.1) is 6.92 Å². The Labute approximate surface area is 110 Å². The second kappa shape index (κ2) is 5.23. The molecule has 0 aliphatic heterocycles. The summed E-state index contributed by atoms with van der Waals surface area (Å²) >= 11 is 6.10. The Morgan fingerprint density at radius 2 is 2.28 bits per heavy atom. The molecule has 0 spiro atoms. The van der Waals surface area contributed by atoms with Gasteiger partial charge in [-0.15, -0.1) is 0 Å². The molecule has 0 aliphatic carbocycles. The van der Waals surface area contributed by atoms with Gasteiger partial charge in [0.15, 0.2) is 0 Å². The number of hydrogen-bond acceptors (Lipinski definition) is 3. The summed E-state index contributed by atoms with van der Waals surface area (Å²) in [5.41, 5.74) is 2.28. The van der Waals surface area contributed by atoms with Crippen molar-refractivity contribution in [3.63, 3.8) is 0 Å². The molecule has 0 saturated carbocycles. The average Bonchev–Trinajstić information content (AvgIpc) is 2.61. The highest BCUT2D eigenvalue weighted by Gasteiger charge is 2.11. The van der Waals surface area contributed by atoms with Crippen LogP contribution in [0.3, 0.4) is 0 Å². The van der Waals surface area contributed by atoms with Gasteiger partial charge in [-0.25, -0.2) is 0 Å². The molecule has 1 heterocycles. The van der Waals surface area contributed by atoms with E-state index >= 15 is 0 Å². The zero-order valence-corrected chi connectivity index (χ0v) is 10.9. The number of benzene rings is 1. The molecule has 0 fully saturated rings. The van der Waals surface area contributed by atoms with E-state index in [2.05, 4.69) is 5.10 Å². The fraction of sp³-hybridized carbons (Fsp3) is 0.231. The minimum Gasteiger partial charge on any atom is -0.489 e. The molecule has 1 aromatic carbocycles. The molecule has 94 valence electrons. The first kappa shape index (κ1) is 12.6. The van der Waals surface area contributed by atoms with E-state index in [9.17, 15) is 4.79 Å². The van der Waals surface area contributed by atoms with Gasteiger partial charge in [0.05, 0.1) is 5.69 Å². The molecule has 0 saturated heterocycles. The van der Waals surface area contributed by atoms with Gasteiger partial charge in [0, 0.05) is 18.2 Å². The van der Waals surface area contributed by atoms with Crippen molar-refractivity contribution in [2.45, 2.75) is 13.5 Å². The molecular formula is C13H13ClN2O2. The van der Waals surface area contributed by atoms with Crippen molar-refractivity contribution in [2.24, 2.45) is 7.05 Å². The third-order valence-corrected chi connectivity index (χ3v) is 3.12. The van der Waals surface area contributed by atoms with Gasteiger partial charge in [0.2, 0.25) is 0 Å². The molecule has 0 radical (unpaired) electrons. The van der Waals surface area contributed by atoms with Crippen molar-refractivity contribution in [3.8, 4) is 5.75 Å². The first-order valence-corrected chi connectivity index (χ1v) is 5.85. The number of aromatic nitrogens is 2. The van der Waals surface area contributed by atoms with E-state index in [1.165, 1.54) is 0 Å². The lowest BCUT2D eigenvalue weighted by Gasteiger charge is -2.06. The van der Waals surface area contributed by atoms with E-state index < -0.39 is 0 Å². The summed E-state index contributed by atoms with van der Waals surface area (Å²) in [5, 5.41) is 4.77. The smallest absolute Gasteiger partial charge is 0.150 e. The van der Waals surface area contributed by atoms with Crippen LogP contribution >= 0.6 is 11.6 Å². The summed E-state index contributed by atoms with van der Waals surface area (Å²) in [6.07, 6.45) is 0.787. The zero-order valence-electron chi connectivity index (χ0n) is 10.2. The van der Waals surface area contributed by atoms with Crippen molar-refractivity contribution < 1.29 is 9.53 Å². The largest absolute Gasteiger partial charge is 0.489 e. The summed E-state index contributed by atoms with van der Waals surface area (Å²) < 4.78 is 7.22. The van der Waals surface area contributed by atoms with E-state index in [1.54, 1.807) is 36.0 Å². The molecule has 0 unspecified atom stereocenters. The lowest BCUT2D eigenvalue weighted by Crippen LogP contribution is -1.97. The van der Waals surface area contributed by atoms with Crippen molar-refractivity contribution in [3.05, 3.63) is 46.2 Å². The number of aryl methyl sites for hydroxylation is 2. The van der Waals surface area contributed by atoms with Gasteiger partial charge in [0.1, 0.15) is 23.8 Å². The second-order valence-electron chi connectivity index (χ2n) is 3.96. The Kier molecular flexibility index (Phi) is 3.67. The van der Waals surface area contributed by atoms with Gasteiger partial charge in [-0.3, -0.25) is 9.48 Å². The number of halogens is 1. The van der Waals surface area contributed by atoms with E-state index in [4.69, 9.17) is 16.3 Å². The predicted octanol–water partition coefficient (Wildman–Crippen LogP) is 2.77. The molecule has 0 bridgehead atoms. The van der Waals surface area contributed by atoms with Crippen LogP contribution in [0.5, 0.6) is 5.75 Å². The minimum atomic E-state index is 0.334. The lowest BCUT2D eigenvalue weighted by molar-refractivity contribution is 0.112. The van der Waals surface area contributed by atoms with Crippen LogP contribution in [0.25, 0.3) is 0 Å². The Morgan fingerprint density at radius 3 is 2.89 bits per heavy atom. The van der Waals surface area contributed by atoms with E-state index in [0.717, 1.165) is 17.5 Å². The highest BCUT2D eigenvalue weighted by Crippen LogP contribution is 2.21. The van der Waals surface area contributed by atoms with E-state index in [1.807, 2.05) is 6.92 Å². The van der Waals surface area contributed by atoms with E-state index in [0.29, 0.717) is 23.1 Å². The van der Waals surface area contributed by atoms with Crippen LogP contribution in [0.4, 0.5) is 0 Å². The maximum Gasteiger partial charge on any atom is 0.150 e. The molecule has 5 heteroatoms. The number of hydrogen-bond donors (Lipinski definition) is 0.